The van der Waals surface area contributed by atoms with E-state index in [1.165, 1.54) is 42.4 Å². The zero-order chi connectivity index (χ0) is 14.7. The molecule has 1 N–H and O–H groups in total. The van der Waals surface area contributed by atoms with Gasteiger partial charge in [-0.05, 0) is 55.1 Å². The molecule has 1 atom stereocenters. The first-order chi connectivity index (χ1) is 10.3. The molecule has 0 bridgehead atoms. The Morgan fingerprint density at radius 1 is 1.33 bits per heavy atom. The SMILES string of the molecule is CNC1CCCCc2cn(Cc3cccc(C#N)c3)cc21. The summed E-state index contributed by atoms with van der Waals surface area (Å²) in [5, 5.41) is 12.4. The van der Waals surface area contributed by atoms with E-state index >= 15 is 0 Å². The average Bonchev–Trinajstić information content (AvgIpc) is 2.80. The molecule has 0 spiro atoms. The minimum atomic E-state index is 0.481. The predicted octanol–water partition coefficient (Wildman–Crippen LogP) is 3.39. The van der Waals surface area contributed by atoms with Crippen LogP contribution in [0.2, 0.25) is 0 Å². The molecule has 1 aromatic heterocycles. The van der Waals surface area contributed by atoms with Crippen molar-refractivity contribution in [2.24, 2.45) is 0 Å². The number of hydrogen-bond donors (Lipinski definition) is 1. The fourth-order valence-electron chi connectivity index (χ4n) is 3.26. The molecule has 1 aromatic carbocycles. The molecule has 0 saturated carbocycles. The zero-order valence-electron chi connectivity index (χ0n) is 12.5. The zero-order valence-corrected chi connectivity index (χ0v) is 12.5. The second-order valence-corrected chi connectivity index (χ2v) is 5.81. The highest BCUT2D eigenvalue weighted by Gasteiger charge is 2.19. The molecule has 3 nitrogen and oxygen atoms in total. The Balaban J connectivity index is 1.85. The first-order valence-corrected chi connectivity index (χ1v) is 7.65. The van der Waals surface area contributed by atoms with E-state index in [2.05, 4.69) is 34.4 Å². The summed E-state index contributed by atoms with van der Waals surface area (Å²) in [7, 11) is 2.05. The highest BCUT2D eigenvalue weighted by Crippen LogP contribution is 2.29. The van der Waals surface area contributed by atoms with Crippen molar-refractivity contribution in [3.05, 3.63) is 58.9 Å². The summed E-state index contributed by atoms with van der Waals surface area (Å²) in [6.07, 6.45) is 9.53. The molecule has 0 saturated heterocycles. The van der Waals surface area contributed by atoms with E-state index in [1.807, 2.05) is 25.2 Å². The van der Waals surface area contributed by atoms with Gasteiger partial charge < -0.3 is 9.88 Å². The molecule has 0 fully saturated rings. The Bertz CT molecular complexity index is 663. The van der Waals surface area contributed by atoms with Crippen molar-refractivity contribution in [3.8, 4) is 6.07 Å². The summed E-state index contributed by atoms with van der Waals surface area (Å²) in [5.74, 6) is 0. The highest BCUT2D eigenvalue weighted by molar-refractivity contribution is 5.34. The van der Waals surface area contributed by atoms with Gasteiger partial charge in [-0.15, -0.1) is 0 Å². The highest BCUT2D eigenvalue weighted by atomic mass is 15.0. The normalized spacial score (nSPS) is 17.8. The molecule has 1 heterocycles. The summed E-state index contributed by atoms with van der Waals surface area (Å²) in [6, 6.07) is 10.6. The van der Waals surface area contributed by atoms with Crippen LogP contribution >= 0.6 is 0 Å². The van der Waals surface area contributed by atoms with Crippen molar-refractivity contribution in [2.45, 2.75) is 38.3 Å². The Labute approximate surface area is 126 Å². The summed E-state index contributed by atoms with van der Waals surface area (Å²) in [6.45, 7) is 0.832. The number of benzene rings is 1. The third-order valence-corrected chi connectivity index (χ3v) is 4.33. The summed E-state index contributed by atoms with van der Waals surface area (Å²) in [4.78, 5) is 0. The minimum Gasteiger partial charge on any atom is -0.349 e. The van der Waals surface area contributed by atoms with Gasteiger partial charge in [-0.2, -0.15) is 5.26 Å². The largest absolute Gasteiger partial charge is 0.349 e. The summed E-state index contributed by atoms with van der Waals surface area (Å²) < 4.78 is 2.26. The lowest BCUT2D eigenvalue weighted by Gasteiger charge is -2.13. The van der Waals surface area contributed by atoms with Crippen LogP contribution in [0.4, 0.5) is 0 Å². The Kier molecular flexibility index (Phi) is 4.08. The van der Waals surface area contributed by atoms with Gasteiger partial charge in [0, 0.05) is 25.0 Å². The Morgan fingerprint density at radius 3 is 3.05 bits per heavy atom. The van der Waals surface area contributed by atoms with Gasteiger partial charge in [0.05, 0.1) is 11.6 Å². The number of rotatable bonds is 3. The van der Waals surface area contributed by atoms with Gasteiger partial charge in [0.15, 0.2) is 0 Å². The van der Waals surface area contributed by atoms with E-state index in [4.69, 9.17) is 5.26 Å². The van der Waals surface area contributed by atoms with Crippen molar-refractivity contribution in [2.75, 3.05) is 7.05 Å². The van der Waals surface area contributed by atoms with Crippen molar-refractivity contribution in [1.29, 1.82) is 5.26 Å². The monoisotopic (exact) mass is 279 g/mol. The van der Waals surface area contributed by atoms with Gasteiger partial charge in [0.2, 0.25) is 0 Å². The fourth-order valence-corrected chi connectivity index (χ4v) is 3.26. The molecule has 21 heavy (non-hydrogen) atoms. The number of nitrogens with one attached hydrogen (secondary N) is 1. The van der Waals surface area contributed by atoms with Crippen molar-refractivity contribution in [3.63, 3.8) is 0 Å². The molecule has 1 aliphatic rings. The van der Waals surface area contributed by atoms with Gasteiger partial charge in [-0.25, -0.2) is 0 Å². The van der Waals surface area contributed by atoms with Crippen molar-refractivity contribution < 1.29 is 0 Å². The van der Waals surface area contributed by atoms with E-state index in [9.17, 15) is 0 Å². The van der Waals surface area contributed by atoms with Crippen LogP contribution in [-0.4, -0.2) is 11.6 Å². The van der Waals surface area contributed by atoms with E-state index in [0.717, 1.165) is 12.1 Å². The van der Waals surface area contributed by atoms with Crippen LogP contribution in [0.15, 0.2) is 36.7 Å². The summed E-state index contributed by atoms with van der Waals surface area (Å²) in [5.41, 5.74) is 4.84. The first-order valence-electron chi connectivity index (χ1n) is 7.65. The molecule has 0 aliphatic heterocycles. The van der Waals surface area contributed by atoms with E-state index < -0.39 is 0 Å². The molecule has 0 radical (unpaired) electrons. The number of fused-ring (bicyclic) bond motifs is 1. The van der Waals surface area contributed by atoms with E-state index in [1.54, 1.807) is 0 Å². The summed E-state index contributed by atoms with van der Waals surface area (Å²) >= 11 is 0. The lowest BCUT2D eigenvalue weighted by atomic mass is 10.1. The second kappa shape index (κ2) is 6.15. The fraction of sp³-hybridized carbons (Fsp3) is 0.389. The van der Waals surface area contributed by atoms with Crippen LogP contribution in [0.1, 0.15) is 47.6 Å². The van der Waals surface area contributed by atoms with Crippen LogP contribution < -0.4 is 5.32 Å². The smallest absolute Gasteiger partial charge is 0.0991 e. The van der Waals surface area contributed by atoms with Crippen LogP contribution in [0, 0.1) is 11.3 Å². The maximum Gasteiger partial charge on any atom is 0.0991 e. The number of nitriles is 1. The molecule has 3 heteroatoms. The molecule has 2 aromatic rings. The van der Waals surface area contributed by atoms with Crippen molar-refractivity contribution in [1.82, 2.24) is 9.88 Å². The molecule has 0 amide bonds. The van der Waals surface area contributed by atoms with Gasteiger partial charge in [0.25, 0.3) is 0 Å². The van der Waals surface area contributed by atoms with Gasteiger partial charge in [0.1, 0.15) is 0 Å². The van der Waals surface area contributed by atoms with Gasteiger partial charge in [-0.1, -0.05) is 18.6 Å². The van der Waals surface area contributed by atoms with Gasteiger partial charge in [-0.3, -0.25) is 0 Å². The molecule has 1 aliphatic carbocycles. The minimum absolute atomic E-state index is 0.481. The maximum absolute atomic E-state index is 8.99. The lowest BCUT2D eigenvalue weighted by molar-refractivity contribution is 0.531. The van der Waals surface area contributed by atoms with Crippen LogP contribution in [0.3, 0.4) is 0 Å². The number of hydrogen-bond acceptors (Lipinski definition) is 2. The Morgan fingerprint density at radius 2 is 2.24 bits per heavy atom. The van der Waals surface area contributed by atoms with Crippen molar-refractivity contribution >= 4 is 0 Å². The van der Waals surface area contributed by atoms with Crippen LogP contribution in [-0.2, 0) is 13.0 Å². The quantitative estimate of drug-likeness (QED) is 0.875. The molecular weight excluding hydrogens is 258 g/mol. The van der Waals surface area contributed by atoms with Crippen LogP contribution in [0.5, 0.6) is 0 Å². The average molecular weight is 279 g/mol. The number of aromatic nitrogens is 1. The van der Waals surface area contributed by atoms with Crippen LogP contribution in [0.25, 0.3) is 0 Å². The topological polar surface area (TPSA) is 40.8 Å². The third-order valence-electron chi connectivity index (χ3n) is 4.33. The first kappa shape index (κ1) is 13.9. The second-order valence-electron chi connectivity index (χ2n) is 5.81. The van der Waals surface area contributed by atoms with E-state index in [0.29, 0.717) is 6.04 Å². The molecule has 1 unspecified atom stereocenters. The lowest BCUT2D eigenvalue weighted by Crippen LogP contribution is -2.15. The molecular formula is C18H21N3. The number of nitrogens with zero attached hydrogens (tertiary/aromatic N) is 2. The van der Waals surface area contributed by atoms with Gasteiger partial charge >= 0.3 is 0 Å². The Hall–Kier alpha value is -2.05. The third kappa shape index (κ3) is 3.01. The number of aryl methyl sites for hydroxylation is 1. The molecule has 3 rings (SSSR count). The standard InChI is InChI=1S/C18H21N3/c1-20-18-8-3-2-7-16-12-21(13-17(16)18)11-15-6-4-5-14(9-15)10-19/h4-6,9,12-13,18,20H,2-3,7-8,11H2,1H3. The van der Waals surface area contributed by atoms with E-state index in [-0.39, 0.29) is 0 Å². The maximum atomic E-state index is 8.99. The predicted molar refractivity (Wildman–Crippen MR) is 84.0 cm³/mol. The molecule has 108 valence electrons.